The van der Waals surface area contributed by atoms with Crippen LogP contribution in [0.25, 0.3) is 0 Å². The molecule has 2 N–H and O–H groups in total. The summed E-state index contributed by atoms with van der Waals surface area (Å²) in [7, 11) is 3.41. The summed E-state index contributed by atoms with van der Waals surface area (Å²) >= 11 is 0. The van der Waals surface area contributed by atoms with Crippen molar-refractivity contribution < 1.29 is 9.66 Å². The van der Waals surface area contributed by atoms with Gasteiger partial charge in [-0.05, 0) is 24.8 Å². The number of nitrogens with zero attached hydrogens (tertiary/aromatic N) is 2. The molecule has 0 aliphatic heterocycles. The van der Waals surface area contributed by atoms with Crippen molar-refractivity contribution in [3.63, 3.8) is 0 Å². The number of nitro benzene ring substituents is 1. The molecule has 1 aliphatic carbocycles. The Morgan fingerprint density at radius 3 is 2.74 bits per heavy atom. The Kier molecular flexibility index (Phi) is 3.90. The quantitative estimate of drug-likeness (QED) is 0.626. The Morgan fingerprint density at radius 1 is 1.58 bits per heavy atom. The second kappa shape index (κ2) is 5.44. The standard InChI is InChI=1S/C13H19N3O3/c1-15(12(8-14)9-3-4-9)10-5-6-11(16(17)18)13(7-10)19-2/h5-7,9,12H,3-4,8,14H2,1-2H3. The van der Waals surface area contributed by atoms with Crippen molar-refractivity contribution in [3.8, 4) is 5.75 Å². The maximum absolute atomic E-state index is 10.9. The molecule has 1 aromatic carbocycles. The molecule has 1 unspecified atom stereocenters. The molecule has 1 aliphatic rings. The fourth-order valence-electron chi connectivity index (χ4n) is 2.38. The summed E-state index contributed by atoms with van der Waals surface area (Å²) in [6.45, 7) is 0.584. The molecule has 6 heteroatoms. The molecule has 0 saturated heterocycles. The van der Waals surface area contributed by atoms with Crippen LogP contribution in [0.3, 0.4) is 0 Å². The highest BCUT2D eigenvalue weighted by Gasteiger charge is 2.33. The van der Waals surface area contributed by atoms with E-state index in [0.29, 0.717) is 12.5 Å². The lowest BCUT2D eigenvalue weighted by molar-refractivity contribution is -0.385. The maximum Gasteiger partial charge on any atom is 0.311 e. The minimum Gasteiger partial charge on any atom is -0.490 e. The summed E-state index contributed by atoms with van der Waals surface area (Å²) in [6, 6.07) is 5.20. The first-order valence-electron chi connectivity index (χ1n) is 6.33. The number of nitrogens with two attached hydrogens (primary N) is 1. The van der Waals surface area contributed by atoms with Crippen molar-refractivity contribution in [2.24, 2.45) is 11.7 Å². The average Bonchev–Trinajstić information content (AvgIpc) is 3.23. The predicted octanol–water partition coefficient (Wildman–Crippen LogP) is 1.78. The van der Waals surface area contributed by atoms with Crippen LogP contribution in [-0.4, -0.2) is 31.7 Å². The summed E-state index contributed by atoms with van der Waals surface area (Å²) in [5.74, 6) is 0.914. The third-order valence-corrected chi connectivity index (χ3v) is 3.67. The number of rotatable bonds is 6. The van der Waals surface area contributed by atoms with Gasteiger partial charge in [-0.3, -0.25) is 10.1 Å². The molecule has 0 amide bonds. The fraction of sp³-hybridized carbons (Fsp3) is 0.538. The third-order valence-electron chi connectivity index (χ3n) is 3.67. The van der Waals surface area contributed by atoms with E-state index in [2.05, 4.69) is 4.90 Å². The number of ether oxygens (including phenoxy) is 1. The molecule has 19 heavy (non-hydrogen) atoms. The summed E-state index contributed by atoms with van der Waals surface area (Å²) < 4.78 is 5.09. The van der Waals surface area contributed by atoms with E-state index in [1.807, 2.05) is 7.05 Å². The molecule has 0 radical (unpaired) electrons. The van der Waals surface area contributed by atoms with Gasteiger partial charge in [0.1, 0.15) is 0 Å². The zero-order chi connectivity index (χ0) is 14.0. The topological polar surface area (TPSA) is 81.6 Å². The summed E-state index contributed by atoms with van der Waals surface area (Å²) in [5.41, 5.74) is 6.69. The lowest BCUT2D eigenvalue weighted by atomic mass is 10.1. The number of benzene rings is 1. The van der Waals surface area contributed by atoms with Crippen LogP contribution in [0.5, 0.6) is 5.75 Å². The first-order valence-corrected chi connectivity index (χ1v) is 6.33. The molecule has 2 rings (SSSR count). The van der Waals surface area contributed by atoms with Gasteiger partial charge in [0.25, 0.3) is 0 Å². The van der Waals surface area contributed by atoms with E-state index in [-0.39, 0.29) is 17.5 Å². The molecule has 0 aromatic heterocycles. The van der Waals surface area contributed by atoms with Gasteiger partial charge in [0.05, 0.1) is 12.0 Å². The van der Waals surface area contributed by atoms with Gasteiger partial charge < -0.3 is 15.4 Å². The molecule has 0 bridgehead atoms. The number of anilines is 1. The molecule has 1 fully saturated rings. The highest BCUT2D eigenvalue weighted by atomic mass is 16.6. The highest BCUT2D eigenvalue weighted by molar-refractivity contribution is 5.59. The van der Waals surface area contributed by atoms with Crippen molar-refractivity contribution in [1.29, 1.82) is 0 Å². The number of hydrogen-bond donors (Lipinski definition) is 1. The second-order valence-electron chi connectivity index (χ2n) is 4.86. The molecule has 104 valence electrons. The molecule has 1 atom stereocenters. The van der Waals surface area contributed by atoms with E-state index in [1.54, 1.807) is 12.1 Å². The zero-order valence-electron chi connectivity index (χ0n) is 11.2. The van der Waals surface area contributed by atoms with Gasteiger partial charge in [-0.25, -0.2) is 0 Å². The Labute approximate surface area is 112 Å². The van der Waals surface area contributed by atoms with Crippen LogP contribution in [0.15, 0.2) is 18.2 Å². The normalized spacial score (nSPS) is 15.9. The molecule has 0 spiro atoms. The third kappa shape index (κ3) is 2.78. The van der Waals surface area contributed by atoms with Gasteiger partial charge in [-0.2, -0.15) is 0 Å². The van der Waals surface area contributed by atoms with Crippen LogP contribution in [0.1, 0.15) is 12.8 Å². The van der Waals surface area contributed by atoms with E-state index < -0.39 is 4.92 Å². The van der Waals surface area contributed by atoms with E-state index in [0.717, 1.165) is 5.69 Å². The first-order chi connectivity index (χ1) is 9.08. The summed E-state index contributed by atoms with van der Waals surface area (Å²) in [6.07, 6.45) is 2.41. The van der Waals surface area contributed by atoms with Gasteiger partial charge in [0.2, 0.25) is 0 Å². The minimum atomic E-state index is -0.441. The molecule has 6 nitrogen and oxygen atoms in total. The van der Waals surface area contributed by atoms with Gasteiger partial charge >= 0.3 is 5.69 Å². The average molecular weight is 265 g/mol. The van der Waals surface area contributed by atoms with Crippen molar-refractivity contribution in [1.82, 2.24) is 0 Å². The van der Waals surface area contributed by atoms with E-state index >= 15 is 0 Å². The molecular formula is C13H19N3O3. The van der Waals surface area contributed by atoms with Gasteiger partial charge in [-0.15, -0.1) is 0 Å². The van der Waals surface area contributed by atoms with Crippen LogP contribution < -0.4 is 15.4 Å². The van der Waals surface area contributed by atoms with Crippen molar-refractivity contribution in [2.45, 2.75) is 18.9 Å². The maximum atomic E-state index is 10.9. The number of nitro groups is 1. The minimum absolute atomic E-state index is 0.0182. The number of likely N-dealkylation sites (N-methyl/N-ethyl adjacent to an activating group) is 1. The largest absolute Gasteiger partial charge is 0.490 e. The number of hydrogen-bond acceptors (Lipinski definition) is 5. The van der Waals surface area contributed by atoms with Gasteiger partial charge in [-0.1, -0.05) is 0 Å². The highest BCUT2D eigenvalue weighted by Crippen LogP contribution is 2.38. The van der Waals surface area contributed by atoms with Crippen LogP contribution >= 0.6 is 0 Å². The van der Waals surface area contributed by atoms with Crippen LogP contribution in [0, 0.1) is 16.0 Å². The summed E-state index contributed by atoms with van der Waals surface area (Å²) in [5, 5.41) is 10.9. The summed E-state index contributed by atoms with van der Waals surface area (Å²) in [4.78, 5) is 12.5. The predicted molar refractivity (Wildman–Crippen MR) is 73.6 cm³/mol. The second-order valence-corrected chi connectivity index (χ2v) is 4.86. The fourth-order valence-corrected chi connectivity index (χ4v) is 2.38. The van der Waals surface area contributed by atoms with E-state index in [9.17, 15) is 10.1 Å². The zero-order valence-corrected chi connectivity index (χ0v) is 11.2. The Hall–Kier alpha value is -1.82. The van der Waals surface area contributed by atoms with Crippen molar-refractivity contribution in [3.05, 3.63) is 28.3 Å². The number of methoxy groups -OCH3 is 1. The van der Waals surface area contributed by atoms with Gasteiger partial charge in [0, 0.05) is 37.5 Å². The van der Waals surface area contributed by atoms with E-state index in [1.165, 1.54) is 26.0 Å². The molecule has 1 saturated carbocycles. The molecule has 1 aromatic rings. The van der Waals surface area contributed by atoms with Gasteiger partial charge in [0.15, 0.2) is 5.75 Å². The van der Waals surface area contributed by atoms with Crippen LogP contribution in [0.4, 0.5) is 11.4 Å². The first kappa shape index (κ1) is 13.6. The monoisotopic (exact) mass is 265 g/mol. The Balaban J connectivity index is 2.26. The smallest absolute Gasteiger partial charge is 0.311 e. The Morgan fingerprint density at radius 2 is 2.26 bits per heavy atom. The van der Waals surface area contributed by atoms with Crippen molar-refractivity contribution in [2.75, 3.05) is 25.6 Å². The van der Waals surface area contributed by atoms with Crippen LogP contribution in [0.2, 0.25) is 0 Å². The van der Waals surface area contributed by atoms with E-state index in [4.69, 9.17) is 10.5 Å². The molecule has 0 heterocycles. The van der Waals surface area contributed by atoms with Crippen molar-refractivity contribution >= 4 is 11.4 Å². The Bertz CT molecular complexity index is 474. The molecular weight excluding hydrogens is 246 g/mol. The van der Waals surface area contributed by atoms with Crippen LogP contribution in [-0.2, 0) is 0 Å². The lowest BCUT2D eigenvalue weighted by Crippen LogP contribution is -2.39. The lowest BCUT2D eigenvalue weighted by Gasteiger charge is -2.29. The SMILES string of the molecule is COc1cc(N(C)C(CN)C2CC2)ccc1[N+](=O)[O-].